The number of rotatable bonds is 2. The third-order valence-electron chi connectivity index (χ3n) is 2.53. The largest absolute Gasteiger partial charge is 0.298 e. The van der Waals surface area contributed by atoms with Crippen molar-refractivity contribution in [2.45, 2.75) is 13.8 Å². The average molecular weight is 231 g/mol. The van der Waals surface area contributed by atoms with Gasteiger partial charge in [-0.25, -0.2) is 9.97 Å². The second-order valence-corrected chi connectivity index (χ2v) is 3.67. The van der Waals surface area contributed by atoms with Gasteiger partial charge in [-0.15, -0.1) is 0 Å². The van der Waals surface area contributed by atoms with E-state index in [1.54, 1.807) is 13.8 Å². The predicted octanol–water partition coefficient (Wildman–Crippen LogP) is 1.97. The van der Waals surface area contributed by atoms with Crippen molar-refractivity contribution in [2.24, 2.45) is 0 Å². The van der Waals surface area contributed by atoms with Gasteiger partial charge in [0.15, 0.2) is 6.29 Å². The number of non-ortho nitro benzene ring substituents is 1. The lowest BCUT2D eigenvalue weighted by Crippen LogP contribution is -1.98. The molecule has 0 unspecified atom stereocenters. The Balaban J connectivity index is 2.87. The van der Waals surface area contributed by atoms with Crippen molar-refractivity contribution < 1.29 is 9.72 Å². The average Bonchev–Trinajstić information content (AvgIpc) is 2.29. The van der Waals surface area contributed by atoms with Crippen LogP contribution in [-0.2, 0) is 0 Å². The van der Waals surface area contributed by atoms with Crippen LogP contribution >= 0.6 is 0 Å². The predicted molar refractivity (Wildman–Crippen MR) is 61.1 cm³/mol. The SMILES string of the molecule is Cc1nc2cc([N+](=O)[O-])cc(C=O)c2nc1C. The number of nitro benzene ring substituents is 1. The molecule has 0 aliphatic heterocycles. The molecular weight excluding hydrogens is 222 g/mol. The first-order valence-electron chi connectivity index (χ1n) is 4.91. The van der Waals surface area contributed by atoms with Crippen LogP contribution in [0, 0.1) is 24.0 Å². The Morgan fingerprint density at radius 3 is 2.47 bits per heavy atom. The summed E-state index contributed by atoms with van der Waals surface area (Å²) in [5, 5.41) is 10.7. The van der Waals surface area contributed by atoms with Gasteiger partial charge in [-0.2, -0.15) is 0 Å². The number of fused-ring (bicyclic) bond motifs is 1. The summed E-state index contributed by atoms with van der Waals surface area (Å²) in [4.78, 5) is 29.5. The standard InChI is InChI=1S/C11H9N3O3/c1-6-7(2)13-11-8(5-15)3-9(14(16)17)4-10(11)12-6/h3-5H,1-2H3. The van der Waals surface area contributed by atoms with Crippen molar-refractivity contribution in [2.75, 3.05) is 0 Å². The van der Waals surface area contributed by atoms with Gasteiger partial charge in [-0.3, -0.25) is 14.9 Å². The van der Waals surface area contributed by atoms with E-state index in [0.29, 0.717) is 28.7 Å². The molecule has 0 aliphatic carbocycles. The molecule has 0 spiro atoms. The zero-order valence-corrected chi connectivity index (χ0v) is 9.30. The number of carbonyl (C=O) groups is 1. The molecule has 6 heteroatoms. The van der Waals surface area contributed by atoms with E-state index in [1.165, 1.54) is 12.1 Å². The van der Waals surface area contributed by atoms with Crippen molar-refractivity contribution in [1.29, 1.82) is 0 Å². The topological polar surface area (TPSA) is 86.0 Å². The summed E-state index contributed by atoms with van der Waals surface area (Å²) in [6, 6.07) is 2.53. The van der Waals surface area contributed by atoms with Crippen LogP contribution in [0.1, 0.15) is 21.7 Å². The highest BCUT2D eigenvalue weighted by Crippen LogP contribution is 2.22. The number of aromatic nitrogens is 2. The maximum atomic E-state index is 10.9. The molecule has 2 aromatic rings. The zero-order chi connectivity index (χ0) is 12.6. The Labute approximate surface area is 96.5 Å². The summed E-state index contributed by atoms with van der Waals surface area (Å²) < 4.78 is 0. The zero-order valence-electron chi connectivity index (χ0n) is 9.30. The highest BCUT2D eigenvalue weighted by Gasteiger charge is 2.14. The molecule has 1 aromatic carbocycles. The highest BCUT2D eigenvalue weighted by molar-refractivity contribution is 5.95. The maximum absolute atomic E-state index is 10.9. The van der Waals surface area contributed by atoms with Gasteiger partial charge >= 0.3 is 0 Å². The number of hydrogen-bond donors (Lipinski definition) is 0. The fourth-order valence-corrected chi connectivity index (χ4v) is 1.54. The number of aryl methyl sites for hydroxylation is 2. The van der Waals surface area contributed by atoms with Crippen molar-refractivity contribution in [3.05, 3.63) is 39.2 Å². The van der Waals surface area contributed by atoms with Crippen LogP contribution in [0.2, 0.25) is 0 Å². The number of carbonyl (C=O) groups excluding carboxylic acids is 1. The monoisotopic (exact) mass is 231 g/mol. The van der Waals surface area contributed by atoms with Gasteiger partial charge in [0.25, 0.3) is 5.69 Å². The minimum absolute atomic E-state index is 0.155. The van der Waals surface area contributed by atoms with Crippen LogP contribution in [0.25, 0.3) is 11.0 Å². The number of nitro groups is 1. The van der Waals surface area contributed by atoms with Gasteiger partial charge in [0.1, 0.15) is 0 Å². The van der Waals surface area contributed by atoms with Crippen LogP contribution < -0.4 is 0 Å². The van der Waals surface area contributed by atoms with Gasteiger partial charge in [0.2, 0.25) is 0 Å². The van der Waals surface area contributed by atoms with E-state index >= 15 is 0 Å². The quantitative estimate of drug-likeness (QED) is 0.448. The second kappa shape index (κ2) is 3.89. The van der Waals surface area contributed by atoms with Gasteiger partial charge in [0, 0.05) is 17.7 Å². The molecule has 0 aliphatic rings. The Morgan fingerprint density at radius 2 is 1.88 bits per heavy atom. The summed E-state index contributed by atoms with van der Waals surface area (Å²) in [6.07, 6.45) is 0.554. The molecule has 0 atom stereocenters. The first-order valence-corrected chi connectivity index (χ1v) is 4.91. The van der Waals surface area contributed by atoms with E-state index in [0.717, 1.165) is 0 Å². The van der Waals surface area contributed by atoms with E-state index in [2.05, 4.69) is 9.97 Å². The van der Waals surface area contributed by atoms with Crippen LogP contribution in [0.15, 0.2) is 12.1 Å². The number of aldehydes is 1. The Kier molecular flexibility index (Phi) is 2.55. The molecule has 0 fully saturated rings. The molecule has 0 amide bonds. The van der Waals surface area contributed by atoms with Gasteiger partial charge in [0.05, 0.1) is 27.3 Å². The number of nitrogens with zero attached hydrogens (tertiary/aromatic N) is 3. The molecule has 1 heterocycles. The minimum Gasteiger partial charge on any atom is -0.298 e. The van der Waals surface area contributed by atoms with Gasteiger partial charge < -0.3 is 0 Å². The fourth-order valence-electron chi connectivity index (χ4n) is 1.54. The third-order valence-corrected chi connectivity index (χ3v) is 2.53. The summed E-state index contributed by atoms with van der Waals surface area (Å²) in [5.41, 5.74) is 2.18. The molecule has 0 radical (unpaired) electrons. The third kappa shape index (κ3) is 1.84. The summed E-state index contributed by atoms with van der Waals surface area (Å²) >= 11 is 0. The van der Waals surface area contributed by atoms with Crippen LogP contribution in [0.5, 0.6) is 0 Å². The molecule has 1 aromatic heterocycles. The summed E-state index contributed by atoms with van der Waals surface area (Å²) in [5.74, 6) is 0. The van der Waals surface area contributed by atoms with Crippen molar-refractivity contribution in [3.8, 4) is 0 Å². The van der Waals surface area contributed by atoms with E-state index in [4.69, 9.17) is 0 Å². The molecule has 6 nitrogen and oxygen atoms in total. The fraction of sp³-hybridized carbons (Fsp3) is 0.182. The second-order valence-electron chi connectivity index (χ2n) is 3.67. The molecule has 17 heavy (non-hydrogen) atoms. The lowest BCUT2D eigenvalue weighted by molar-refractivity contribution is -0.384. The summed E-state index contributed by atoms with van der Waals surface area (Å²) in [6.45, 7) is 3.54. The molecule has 2 rings (SSSR count). The smallest absolute Gasteiger partial charge is 0.272 e. The van der Waals surface area contributed by atoms with Crippen molar-refractivity contribution in [1.82, 2.24) is 9.97 Å². The Morgan fingerprint density at radius 1 is 1.24 bits per heavy atom. The lowest BCUT2D eigenvalue weighted by atomic mass is 10.1. The number of benzene rings is 1. The lowest BCUT2D eigenvalue weighted by Gasteiger charge is -2.04. The molecule has 0 saturated heterocycles. The maximum Gasteiger partial charge on any atom is 0.272 e. The first-order chi connectivity index (χ1) is 8.02. The van der Waals surface area contributed by atoms with E-state index in [-0.39, 0.29) is 11.3 Å². The van der Waals surface area contributed by atoms with Crippen molar-refractivity contribution >= 4 is 23.0 Å². The van der Waals surface area contributed by atoms with Gasteiger partial charge in [-0.05, 0) is 13.8 Å². The molecule has 0 saturated carbocycles. The highest BCUT2D eigenvalue weighted by atomic mass is 16.6. The molecule has 0 N–H and O–H groups in total. The number of hydrogen-bond acceptors (Lipinski definition) is 5. The van der Waals surface area contributed by atoms with E-state index in [9.17, 15) is 14.9 Å². The van der Waals surface area contributed by atoms with Crippen LogP contribution in [0.4, 0.5) is 5.69 Å². The Hall–Kier alpha value is -2.37. The van der Waals surface area contributed by atoms with Crippen LogP contribution in [0.3, 0.4) is 0 Å². The summed E-state index contributed by atoms with van der Waals surface area (Å²) in [7, 11) is 0. The van der Waals surface area contributed by atoms with Gasteiger partial charge in [-0.1, -0.05) is 0 Å². The normalized spacial score (nSPS) is 10.5. The molecular formula is C11H9N3O3. The minimum atomic E-state index is -0.552. The molecule has 86 valence electrons. The van der Waals surface area contributed by atoms with Crippen molar-refractivity contribution in [3.63, 3.8) is 0 Å². The van der Waals surface area contributed by atoms with E-state index < -0.39 is 4.92 Å². The molecule has 0 bridgehead atoms. The van der Waals surface area contributed by atoms with E-state index in [1.807, 2.05) is 0 Å². The van der Waals surface area contributed by atoms with Crippen LogP contribution in [-0.4, -0.2) is 21.2 Å². The Bertz CT molecular complexity index is 637. The first kappa shape index (κ1) is 11.1.